The highest BCUT2D eigenvalue weighted by atomic mass is 19.4. The van der Waals surface area contributed by atoms with Crippen LogP contribution in [0.15, 0.2) is 42.5 Å². The Balaban J connectivity index is 2.05. The van der Waals surface area contributed by atoms with Crippen molar-refractivity contribution in [2.24, 2.45) is 0 Å². The molecule has 2 aromatic rings. The summed E-state index contributed by atoms with van der Waals surface area (Å²) in [7, 11) is 3.06. The first kappa shape index (κ1) is 21.3. The first-order chi connectivity index (χ1) is 13.1. The number of rotatable bonds is 7. The van der Waals surface area contributed by atoms with Crippen molar-refractivity contribution >= 4 is 11.7 Å². The minimum absolute atomic E-state index is 0.0239. The fourth-order valence-electron chi connectivity index (χ4n) is 2.59. The maximum absolute atomic E-state index is 12.5. The molecule has 0 atom stereocenters. The number of carbonyl (C=O) groups excluding carboxylic acids is 2. The lowest BCUT2D eigenvalue weighted by Gasteiger charge is -2.19. The molecule has 0 aliphatic rings. The third kappa shape index (κ3) is 6.00. The maximum atomic E-state index is 12.5. The summed E-state index contributed by atoms with van der Waals surface area (Å²) in [6.07, 6.45) is -4.72. The Bertz CT molecular complexity index is 848. The fraction of sp³-hybridized carbons (Fsp3) is 0.300. The van der Waals surface area contributed by atoms with Gasteiger partial charge in [-0.15, -0.1) is 13.2 Å². The predicted molar refractivity (Wildman–Crippen MR) is 96.3 cm³/mol. The number of hydrogen-bond donors (Lipinski definition) is 0. The van der Waals surface area contributed by atoms with Gasteiger partial charge < -0.3 is 14.4 Å². The number of halogens is 3. The van der Waals surface area contributed by atoms with Crippen molar-refractivity contribution < 1.29 is 32.2 Å². The van der Waals surface area contributed by atoms with Crippen LogP contribution in [0, 0.1) is 0 Å². The van der Waals surface area contributed by atoms with Crippen molar-refractivity contribution in [2.45, 2.75) is 26.3 Å². The number of amides is 1. The Morgan fingerprint density at radius 2 is 1.71 bits per heavy atom. The van der Waals surface area contributed by atoms with Crippen LogP contribution in [0.2, 0.25) is 0 Å². The van der Waals surface area contributed by atoms with E-state index in [1.54, 1.807) is 25.2 Å². The largest absolute Gasteiger partial charge is 0.573 e. The van der Waals surface area contributed by atoms with Crippen molar-refractivity contribution in [2.75, 3.05) is 14.2 Å². The molecule has 1 amide bonds. The van der Waals surface area contributed by atoms with Crippen molar-refractivity contribution in [1.82, 2.24) is 4.90 Å². The molecule has 150 valence electrons. The molecule has 2 aromatic carbocycles. The van der Waals surface area contributed by atoms with Gasteiger partial charge in [0.15, 0.2) is 5.78 Å². The molecular formula is C20H20F3NO4. The van der Waals surface area contributed by atoms with Crippen LogP contribution in [-0.2, 0) is 17.8 Å². The smallest absolute Gasteiger partial charge is 0.496 e. The number of carbonyl (C=O) groups is 2. The van der Waals surface area contributed by atoms with Crippen LogP contribution >= 0.6 is 0 Å². The predicted octanol–water partition coefficient (Wildman–Crippen LogP) is 4.00. The standard InChI is InChI=1S/C20H20F3NO4/c1-13(25)15-6-9-18(27-3)16(10-15)11-19(26)24(2)12-14-4-7-17(8-5-14)28-20(21,22)23/h4-10H,11-12H2,1-3H3. The average molecular weight is 395 g/mol. The number of nitrogens with zero attached hydrogens (tertiary/aromatic N) is 1. The maximum Gasteiger partial charge on any atom is 0.573 e. The highest BCUT2D eigenvalue weighted by Crippen LogP contribution is 2.24. The Morgan fingerprint density at radius 1 is 1.07 bits per heavy atom. The van der Waals surface area contributed by atoms with E-state index < -0.39 is 6.36 Å². The minimum atomic E-state index is -4.75. The third-order valence-electron chi connectivity index (χ3n) is 4.03. The summed E-state index contributed by atoms with van der Waals surface area (Å²) >= 11 is 0. The van der Waals surface area contributed by atoms with Gasteiger partial charge in [0.1, 0.15) is 11.5 Å². The summed E-state index contributed by atoms with van der Waals surface area (Å²) < 4.78 is 45.7. The fourth-order valence-corrected chi connectivity index (χ4v) is 2.59. The molecule has 0 aromatic heterocycles. The summed E-state index contributed by atoms with van der Waals surface area (Å²) in [5.41, 5.74) is 1.71. The van der Waals surface area contributed by atoms with E-state index in [0.29, 0.717) is 22.4 Å². The lowest BCUT2D eigenvalue weighted by Crippen LogP contribution is -2.28. The molecular weight excluding hydrogens is 375 g/mol. The summed E-state index contributed by atoms with van der Waals surface area (Å²) in [4.78, 5) is 25.5. The molecule has 0 spiro atoms. The van der Waals surface area contributed by atoms with E-state index in [1.807, 2.05) is 0 Å². The number of hydrogen-bond acceptors (Lipinski definition) is 4. The summed E-state index contributed by atoms with van der Waals surface area (Å²) in [5, 5.41) is 0. The number of ketones is 1. The van der Waals surface area contributed by atoms with Gasteiger partial charge in [-0.2, -0.15) is 0 Å². The van der Waals surface area contributed by atoms with Crippen molar-refractivity contribution in [3.8, 4) is 11.5 Å². The minimum Gasteiger partial charge on any atom is -0.496 e. The van der Waals surface area contributed by atoms with Gasteiger partial charge in [0.25, 0.3) is 0 Å². The van der Waals surface area contributed by atoms with E-state index in [2.05, 4.69) is 4.74 Å². The highest BCUT2D eigenvalue weighted by molar-refractivity contribution is 5.94. The molecule has 8 heteroatoms. The van der Waals surface area contributed by atoms with Crippen molar-refractivity contribution in [3.05, 3.63) is 59.2 Å². The van der Waals surface area contributed by atoms with E-state index in [0.717, 1.165) is 0 Å². The normalized spacial score (nSPS) is 11.1. The molecule has 0 radical (unpaired) electrons. The number of ether oxygens (including phenoxy) is 2. The number of alkyl halides is 3. The third-order valence-corrected chi connectivity index (χ3v) is 4.03. The molecule has 5 nitrogen and oxygen atoms in total. The van der Waals surface area contributed by atoms with Gasteiger partial charge in [0, 0.05) is 24.7 Å². The molecule has 0 unspecified atom stereocenters. The van der Waals surface area contributed by atoms with Gasteiger partial charge in [0.2, 0.25) is 5.91 Å². The lowest BCUT2D eigenvalue weighted by atomic mass is 10.0. The van der Waals surface area contributed by atoms with E-state index in [-0.39, 0.29) is 30.4 Å². The molecule has 0 saturated carbocycles. The zero-order valence-electron chi connectivity index (χ0n) is 15.7. The second-order valence-corrected chi connectivity index (χ2v) is 6.20. The van der Waals surface area contributed by atoms with E-state index in [4.69, 9.17) is 4.74 Å². The van der Waals surface area contributed by atoms with Gasteiger partial charge in [-0.05, 0) is 42.8 Å². The van der Waals surface area contributed by atoms with Crippen LogP contribution < -0.4 is 9.47 Å². The summed E-state index contributed by atoms with van der Waals surface area (Å²) in [6.45, 7) is 1.64. The van der Waals surface area contributed by atoms with Crippen LogP contribution in [0.25, 0.3) is 0 Å². The molecule has 0 aliphatic heterocycles. The zero-order valence-corrected chi connectivity index (χ0v) is 15.7. The molecule has 0 fully saturated rings. The average Bonchev–Trinajstić information content (AvgIpc) is 2.61. The molecule has 0 aliphatic carbocycles. The number of Topliss-reactive ketones (excluding diaryl/α,β-unsaturated/α-hetero) is 1. The molecule has 0 heterocycles. The Hall–Kier alpha value is -3.03. The lowest BCUT2D eigenvalue weighted by molar-refractivity contribution is -0.274. The van der Waals surface area contributed by atoms with Gasteiger partial charge in [0.05, 0.1) is 13.5 Å². The van der Waals surface area contributed by atoms with Crippen LogP contribution in [0.1, 0.15) is 28.4 Å². The Morgan fingerprint density at radius 3 is 2.25 bits per heavy atom. The molecule has 28 heavy (non-hydrogen) atoms. The quantitative estimate of drug-likeness (QED) is 0.665. The second-order valence-electron chi connectivity index (χ2n) is 6.20. The summed E-state index contributed by atoms with van der Waals surface area (Å²) in [6, 6.07) is 10.2. The van der Waals surface area contributed by atoms with Gasteiger partial charge in [-0.25, -0.2) is 0 Å². The molecule has 0 bridgehead atoms. The van der Waals surface area contributed by atoms with Crippen molar-refractivity contribution in [1.29, 1.82) is 0 Å². The molecule has 2 rings (SSSR count). The number of likely N-dealkylation sites (N-methyl/N-ethyl adjacent to an activating group) is 1. The highest BCUT2D eigenvalue weighted by Gasteiger charge is 2.31. The SMILES string of the molecule is COc1ccc(C(C)=O)cc1CC(=O)N(C)Cc1ccc(OC(F)(F)F)cc1. The number of benzene rings is 2. The van der Waals surface area contributed by atoms with E-state index in [9.17, 15) is 22.8 Å². The van der Waals surface area contributed by atoms with Crippen LogP contribution in [0.5, 0.6) is 11.5 Å². The second kappa shape index (κ2) is 8.77. The first-order valence-electron chi connectivity index (χ1n) is 8.35. The molecule has 0 saturated heterocycles. The number of methoxy groups -OCH3 is 1. The van der Waals surface area contributed by atoms with Gasteiger partial charge >= 0.3 is 6.36 Å². The Kier molecular flexibility index (Phi) is 6.66. The van der Waals surface area contributed by atoms with Crippen molar-refractivity contribution in [3.63, 3.8) is 0 Å². The monoisotopic (exact) mass is 395 g/mol. The first-order valence-corrected chi connectivity index (χ1v) is 8.35. The van der Waals surface area contributed by atoms with Crippen LogP contribution in [0.3, 0.4) is 0 Å². The van der Waals surface area contributed by atoms with Crippen LogP contribution in [-0.4, -0.2) is 37.1 Å². The van der Waals surface area contributed by atoms with Gasteiger partial charge in [-0.3, -0.25) is 9.59 Å². The Labute approximate surface area is 160 Å². The zero-order chi connectivity index (χ0) is 20.9. The van der Waals surface area contributed by atoms with Crippen LogP contribution in [0.4, 0.5) is 13.2 Å². The van der Waals surface area contributed by atoms with E-state index in [1.165, 1.54) is 43.2 Å². The van der Waals surface area contributed by atoms with E-state index >= 15 is 0 Å². The summed E-state index contributed by atoms with van der Waals surface area (Å²) in [5.74, 6) is -0.170. The molecule has 0 N–H and O–H groups in total. The van der Waals surface area contributed by atoms with Gasteiger partial charge in [-0.1, -0.05) is 12.1 Å². The topological polar surface area (TPSA) is 55.8 Å².